The van der Waals surface area contributed by atoms with Crippen molar-refractivity contribution in [2.75, 3.05) is 5.32 Å². The Kier molecular flexibility index (Phi) is 7.72. The molecule has 2 unspecified atom stereocenters. The molecular formula is C30H30N4O4S. The van der Waals surface area contributed by atoms with E-state index in [0.29, 0.717) is 11.6 Å². The zero-order chi connectivity index (χ0) is 27.4. The quantitative estimate of drug-likeness (QED) is 0.298. The third-order valence-corrected chi connectivity index (χ3v) is 7.56. The predicted octanol–water partition coefficient (Wildman–Crippen LogP) is 4.72. The molecule has 5 rings (SSSR count). The molecular weight excluding hydrogens is 512 g/mol. The Morgan fingerprint density at radius 1 is 1.00 bits per heavy atom. The Morgan fingerprint density at radius 3 is 2.31 bits per heavy atom. The number of fused-ring (bicyclic) bond motifs is 1. The molecule has 0 aliphatic carbocycles. The number of carbonyl (C=O) groups excluding carboxylic acids is 3. The summed E-state index contributed by atoms with van der Waals surface area (Å²) in [6, 6.07) is 25.2. The highest BCUT2D eigenvalue weighted by Gasteiger charge is 2.57. The molecule has 1 saturated heterocycles. The van der Waals surface area contributed by atoms with Crippen LogP contribution in [-0.2, 0) is 32.2 Å². The lowest BCUT2D eigenvalue weighted by Crippen LogP contribution is -2.75. The van der Waals surface area contributed by atoms with Crippen molar-refractivity contribution in [1.29, 1.82) is 0 Å². The Morgan fingerprint density at radius 2 is 1.64 bits per heavy atom. The van der Waals surface area contributed by atoms with Gasteiger partial charge in [-0.25, -0.2) is 10.0 Å². The maximum atomic E-state index is 14.3. The van der Waals surface area contributed by atoms with Gasteiger partial charge in [-0.05, 0) is 35.6 Å². The first kappa shape index (κ1) is 26.5. The molecule has 3 amide bonds. The molecule has 0 saturated carbocycles. The van der Waals surface area contributed by atoms with Gasteiger partial charge in [-0.3, -0.25) is 24.5 Å². The summed E-state index contributed by atoms with van der Waals surface area (Å²) in [4.78, 5) is 52.5. The summed E-state index contributed by atoms with van der Waals surface area (Å²) in [7, 11) is 0. The molecule has 8 nitrogen and oxygen atoms in total. The molecule has 39 heavy (non-hydrogen) atoms. The van der Waals surface area contributed by atoms with E-state index in [1.807, 2.05) is 98.8 Å². The molecule has 2 atom stereocenters. The molecule has 0 bridgehead atoms. The van der Waals surface area contributed by atoms with Gasteiger partial charge in [-0.15, -0.1) is 0 Å². The van der Waals surface area contributed by atoms with Crippen LogP contribution in [0.2, 0.25) is 0 Å². The average molecular weight is 543 g/mol. The van der Waals surface area contributed by atoms with Crippen molar-refractivity contribution in [3.8, 4) is 0 Å². The second-order valence-corrected chi connectivity index (χ2v) is 11.1. The number of aromatic nitrogens is 1. The van der Waals surface area contributed by atoms with E-state index in [-0.39, 0.29) is 18.9 Å². The number of amides is 3. The van der Waals surface area contributed by atoms with Gasteiger partial charge >= 0.3 is 0 Å². The van der Waals surface area contributed by atoms with Gasteiger partial charge in [-0.1, -0.05) is 98.0 Å². The van der Waals surface area contributed by atoms with Crippen LogP contribution >= 0.6 is 11.3 Å². The van der Waals surface area contributed by atoms with Crippen molar-refractivity contribution >= 4 is 44.4 Å². The van der Waals surface area contributed by atoms with E-state index in [0.717, 1.165) is 26.4 Å². The fraction of sp³-hybridized carbons (Fsp3) is 0.267. The SMILES string of the molecule is CC(C)CC1C(=O)NC(Cc2ccccc2)(C(=O)Nc2nc3ccccc3s2)C(=O)N1OCc1ccccc1. The van der Waals surface area contributed by atoms with Crippen molar-refractivity contribution in [2.45, 2.75) is 44.9 Å². The number of piperazine rings is 1. The molecule has 1 aromatic heterocycles. The number of hydrogen-bond acceptors (Lipinski definition) is 6. The van der Waals surface area contributed by atoms with Crippen molar-refractivity contribution in [1.82, 2.24) is 15.4 Å². The summed E-state index contributed by atoms with van der Waals surface area (Å²) in [5.41, 5.74) is 0.363. The molecule has 1 aliphatic heterocycles. The van der Waals surface area contributed by atoms with Gasteiger partial charge in [-0.2, -0.15) is 0 Å². The number of nitrogens with one attached hydrogen (secondary N) is 2. The number of hydroxylamine groups is 2. The van der Waals surface area contributed by atoms with Crippen LogP contribution in [0.3, 0.4) is 0 Å². The number of nitrogens with zero attached hydrogens (tertiary/aromatic N) is 2. The molecule has 0 radical (unpaired) electrons. The zero-order valence-electron chi connectivity index (χ0n) is 21.8. The van der Waals surface area contributed by atoms with Crippen molar-refractivity contribution in [2.24, 2.45) is 5.92 Å². The molecule has 2 heterocycles. The first-order valence-corrected chi connectivity index (χ1v) is 13.7. The minimum absolute atomic E-state index is 0.0469. The van der Waals surface area contributed by atoms with Gasteiger partial charge in [0.15, 0.2) is 5.13 Å². The summed E-state index contributed by atoms with van der Waals surface area (Å²) in [5, 5.41) is 7.10. The molecule has 0 spiro atoms. The molecule has 3 aromatic carbocycles. The van der Waals surface area contributed by atoms with E-state index in [1.54, 1.807) is 0 Å². The number of anilines is 1. The van der Waals surface area contributed by atoms with E-state index in [1.165, 1.54) is 11.3 Å². The number of carbonyl (C=O) groups is 3. The highest BCUT2D eigenvalue weighted by Crippen LogP contribution is 2.31. The minimum Gasteiger partial charge on any atom is -0.332 e. The normalized spacial score (nSPS) is 19.4. The second-order valence-electron chi connectivity index (χ2n) is 10.0. The molecule has 1 aliphatic rings. The van der Waals surface area contributed by atoms with Crippen molar-refractivity contribution in [3.63, 3.8) is 0 Å². The molecule has 4 aromatic rings. The van der Waals surface area contributed by atoms with E-state index in [2.05, 4.69) is 15.6 Å². The van der Waals surface area contributed by atoms with Gasteiger partial charge in [0.05, 0.1) is 10.2 Å². The lowest BCUT2D eigenvalue weighted by atomic mass is 9.84. The van der Waals surface area contributed by atoms with E-state index in [4.69, 9.17) is 4.84 Å². The average Bonchev–Trinajstić information content (AvgIpc) is 3.34. The van der Waals surface area contributed by atoms with Gasteiger partial charge in [0.25, 0.3) is 11.8 Å². The molecule has 9 heteroatoms. The van der Waals surface area contributed by atoms with Crippen LogP contribution < -0.4 is 10.6 Å². The van der Waals surface area contributed by atoms with Gasteiger partial charge in [0, 0.05) is 6.42 Å². The third-order valence-electron chi connectivity index (χ3n) is 6.61. The first-order valence-electron chi connectivity index (χ1n) is 12.9. The van der Waals surface area contributed by atoms with Crippen molar-refractivity contribution < 1.29 is 19.2 Å². The number of para-hydroxylation sites is 1. The molecule has 1 fully saturated rings. The monoisotopic (exact) mass is 542 g/mol. The standard InChI is InChI=1S/C30H30N4O4S/c1-20(2)17-24-26(35)33-30(18-21-11-5-3-6-12-21,28(37)34(24)38-19-22-13-7-4-8-14-22)27(36)32-29-31-23-15-9-10-16-25(23)39-29/h3-16,20,24H,17-19H2,1-2H3,(H,33,35)(H,31,32,36). The van der Waals surface area contributed by atoms with Crippen LogP contribution in [0, 0.1) is 5.92 Å². The predicted molar refractivity (Wildman–Crippen MR) is 151 cm³/mol. The van der Waals surface area contributed by atoms with Crippen LogP contribution in [0.1, 0.15) is 31.4 Å². The summed E-state index contributed by atoms with van der Waals surface area (Å²) in [6.45, 7) is 4.02. The summed E-state index contributed by atoms with van der Waals surface area (Å²) >= 11 is 1.30. The Bertz CT molecular complexity index is 1440. The molecule has 2 N–H and O–H groups in total. The first-order chi connectivity index (χ1) is 18.9. The highest BCUT2D eigenvalue weighted by molar-refractivity contribution is 7.22. The Balaban J connectivity index is 1.52. The fourth-order valence-corrected chi connectivity index (χ4v) is 5.55. The largest absolute Gasteiger partial charge is 0.332 e. The van der Waals surface area contributed by atoms with Crippen molar-refractivity contribution in [3.05, 3.63) is 96.1 Å². The maximum Gasteiger partial charge on any atom is 0.282 e. The number of rotatable bonds is 9. The lowest BCUT2D eigenvalue weighted by Gasteiger charge is -2.44. The van der Waals surface area contributed by atoms with E-state index < -0.39 is 29.3 Å². The number of hydrogen-bond donors (Lipinski definition) is 2. The minimum atomic E-state index is -1.93. The van der Waals surface area contributed by atoms with Crippen LogP contribution in [0.4, 0.5) is 5.13 Å². The zero-order valence-corrected chi connectivity index (χ0v) is 22.6. The highest BCUT2D eigenvalue weighted by atomic mass is 32.1. The summed E-state index contributed by atoms with van der Waals surface area (Å²) in [6.07, 6.45) is 0.335. The van der Waals surface area contributed by atoms with Gasteiger partial charge in [0.2, 0.25) is 11.4 Å². The number of benzene rings is 3. The summed E-state index contributed by atoms with van der Waals surface area (Å²) < 4.78 is 0.897. The third kappa shape index (κ3) is 5.69. The van der Waals surface area contributed by atoms with Crippen LogP contribution in [0.25, 0.3) is 10.2 Å². The molecule has 200 valence electrons. The second kappa shape index (κ2) is 11.3. The van der Waals surface area contributed by atoms with E-state index >= 15 is 0 Å². The van der Waals surface area contributed by atoms with Crippen LogP contribution in [0.5, 0.6) is 0 Å². The maximum absolute atomic E-state index is 14.3. The van der Waals surface area contributed by atoms with Crippen LogP contribution in [-0.4, -0.2) is 39.3 Å². The topological polar surface area (TPSA) is 101 Å². The number of thiazole rings is 1. The Hall–Kier alpha value is -4.08. The van der Waals surface area contributed by atoms with E-state index in [9.17, 15) is 14.4 Å². The lowest BCUT2D eigenvalue weighted by molar-refractivity contribution is -0.221. The summed E-state index contributed by atoms with van der Waals surface area (Å²) in [5.74, 6) is -1.62. The smallest absolute Gasteiger partial charge is 0.282 e. The van der Waals surface area contributed by atoms with Crippen LogP contribution in [0.15, 0.2) is 84.9 Å². The fourth-order valence-electron chi connectivity index (χ4n) is 4.68. The van der Waals surface area contributed by atoms with Gasteiger partial charge in [0.1, 0.15) is 12.6 Å². The Labute approximate surface area is 231 Å². The van der Waals surface area contributed by atoms with Gasteiger partial charge < -0.3 is 5.32 Å².